The highest BCUT2D eigenvalue weighted by molar-refractivity contribution is 6.03. The number of pyridine rings is 2. The number of hydrogen-bond acceptors (Lipinski definition) is 4. The SMILES string of the molecule is Cc1ccc(NC(=O)c2cc(C(C)(C)C)ccn2)cc1-n1ccc2ncc(-c3cccnc3)n21. The van der Waals surface area contributed by atoms with E-state index in [9.17, 15) is 4.79 Å². The number of carbonyl (C=O) groups is 1. The van der Waals surface area contributed by atoms with Gasteiger partial charge >= 0.3 is 0 Å². The third kappa shape index (κ3) is 3.96. The lowest BCUT2D eigenvalue weighted by molar-refractivity contribution is 0.102. The third-order valence-corrected chi connectivity index (χ3v) is 5.87. The van der Waals surface area contributed by atoms with E-state index in [1.165, 1.54) is 0 Å². The molecule has 1 aromatic carbocycles. The van der Waals surface area contributed by atoms with Gasteiger partial charge in [0.25, 0.3) is 5.91 Å². The van der Waals surface area contributed by atoms with E-state index in [2.05, 4.69) is 41.0 Å². The number of nitrogens with zero attached hydrogens (tertiary/aromatic N) is 5. The molecule has 0 atom stereocenters. The summed E-state index contributed by atoms with van der Waals surface area (Å²) < 4.78 is 4.08. The maximum absolute atomic E-state index is 13.0. The number of aryl methyl sites for hydroxylation is 1. The van der Waals surface area contributed by atoms with Gasteiger partial charge in [-0.2, -0.15) is 0 Å². The normalized spacial score (nSPS) is 11.6. The topological polar surface area (TPSA) is 77.1 Å². The van der Waals surface area contributed by atoms with E-state index in [4.69, 9.17) is 0 Å². The lowest BCUT2D eigenvalue weighted by Crippen LogP contribution is -2.17. The quantitative estimate of drug-likeness (QED) is 0.395. The Morgan fingerprint density at radius 1 is 0.971 bits per heavy atom. The first-order chi connectivity index (χ1) is 16.3. The zero-order chi connectivity index (χ0) is 23.9. The van der Waals surface area contributed by atoms with Crippen molar-refractivity contribution in [2.75, 3.05) is 5.32 Å². The second kappa shape index (κ2) is 8.26. The molecule has 0 fully saturated rings. The van der Waals surface area contributed by atoms with Gasteiger partial charge in [-0.25, -0.2) is 9.50 Å². The van der Waals surface area contributed by atoms with Gasteiger partial charge in [-0.1, -0.05) is 26.8 Å². The Kier molecular flexibility index (Phi) is 5.24. The molecule has 170 valence electrons. The number of imidazole rings is 1. The van der Waals surface area contributed by atoms with Crippen LogP contribution in [0.1, 0.15) is 42.4 Å². The highest BCUT2D eigenvalue weighted by atomic mass is 16.1. The number of carbonyl (C=O) groups excluding carboxylic acids is 1. The fraction of sp³-hybridized carbons (Fsp3) is 0.185. The van der Waals surface area contributed by atoms with Crippen LogP contribution in [0.15, 0.2) is 79.5 Å². The van der Waals surface area contributed by atoms with Crippen LogP contribution in [-0.4, -0.2) is 30.1 Å². The fourth-order valence-electron chi connectivity index (χ4n) is 3.95. The van der Waals surface area contributed by atoms with Crippen LogP contribution >= 0.6 is 0 Å². The van der Waals surface area contributed by atoms with Crippen molar-refractivity contribution in [1.82, 2.24) is 24.1 Å². The predicted molar refractivity (Wildman–Crippen MR) is 133 cm³/mol. The Hall–Kier alpha value is -4.26. The molecule has 1 N–H and O–H groups in total. The van der Waals surface area contributed by atoms with Crippen molar-refractivity contribution in [1.29, 1.82) is 0 Å². The Balaban J connectivity index is 1.51. The van der Waals surface area contributed by atoms with Crippen molar-refractivity contribution in [3.05, 3.63) is 96.3 Å². The highest BCUT2D eigenvalue weighted by Gasteiger charge is 2.18. The monoisotopic (exact) mass is 450 g/mol. The van der Waals surface area contributed by atoms with Gasteiger partial charge in [0.05, 0.1) is 17.6 Å². The molecule has 0 unspecified atom stereocenters. The minimum Gasteiger partial charge on any atom is -0.321 e. The summed E-state index contributed by atoms with van der Waals surface area (Å²) in [5.41, 5.74) is 6.83. The van der Waals surface area contributed by atoms with Gasteiger partial charge < -0.3 is 5.32 Å². The lowest BCUT2D eigenvalue weighted by Gasteiger charge is -2.19. The Bertz CT molecular complexity index is 1490. The van der Waals surface area contributed by atoms with Gasteiger partial charge in [-0.3, -0.25) is 19.4 Å². The number of benzene rings is 1. The zero-order valence-corrected chi connectivity index (χ0v) is 19.6. The van der Waals surface area contributed by atoms with E-state index >= 15 is 0 Å². The fourth-order valence-corrected chi connectivity index (χ4v) is 3.95. The Morgan fingerprint density at radius 2 is 1.82 bits per heavy atom. The van der Waals surface area contributed by atoms with E-state index in [1.807, 2.05) is 83.2 Å². The second-order valence-corrected chi connectivity index (χ2v) is 9.35. The van der Waals surface area contributed by atoms with Gasteiger partial charge in [0, 0.05) is 42.1 Å². The molecular formula is C27H26N6O. The largest absolute Gasteiger partial charge is 0.321 e. The van der Waals surface area contributed by atoms with Crippen LogP contribution in [0.25, 0.3) is 22.6 Å². The second-order valence-electron chi connectivity index (χ2n) is 9.35. The maximum Gasteiger partial charge on any atom is 0.274 e. The molecule has 0 radical (unpaired) electrons. The molecule has 4 heterocycles. The smallest absolute Gasteiger partial charge is 0.274 e. The highest BCUT2D eigenvalue weighted by Crippen LogP contribution is 2.26. The van der Waals surface area contributed by atoms with Crippen LogP contribution in [0.3, 0.4) is 0 Å². The van der Waals surface area contributed by atoms with Crippen LogP contribution in [0.5, 0.6) is 0 Å². The van der Waals surface area contributed by atoms with E-state index in [0.717, 1.165) is 33.7 Å². The first-order valence-corrected chi connectivity index (χ1v) is 11.2. The van der Waals surface area contributed by atoms with Crippen LogP contribution < -0.4 is 5.32 Å². The average molecular weight is 451 g/mol. The molecule has 5 rings (SSSR count). The summed E-state index contributed by atoms with van der Waals surface area (Å²) in [6.07, 6.45) is 9.08. The molecule has 0 saturated carbocycles. The summed E-state index contributed by atoms with van der Waals surface area (Å²) in [7, 11) is 0. The van der Waals surface area contributed by atoms with Crippen molar-refractivity contribution in [3.8, 4) is 16.9 Å². The standard InChI is InChI=1S/C27H26N6O/c1-18-7-8-21(31-26(34)22-14-20(9-12-29-22)27(2,3)4)15-23(18)32-13-10-25-30-17-24(33(25)32)19-6-5-11-28-16-19/h5-17H,1-4H3,(H,31,34). The van der Waals surface area contributed by atoms with E-state index in [-0.39, 0.29) is 11.3 Å². The number of aromatic nitrogens is 5. The number of anilines is 1. The van der Waals surface area contributed by atoms with Gasteiger partial charge in [0.1, 0.15) is 5.69 Å². The summed E-state index contributed by atoms with van der Waals surface area (Å²) in [5.74, 6) is -0.239. The number of nitrogens with one attached hydrogen (secondary N) is 1. The van der Waals surface area contributed by atoms with E-state index in [0.29, 0.717) is 11.4 Å². The van der Waals surface area contributed by atoms with Crippen LogP contribution in [0, 0.1) is 6.92 Å². The molecule has 34 heavy (non-hydrogen) atoms. The molecule has 0 aliphatic rings. The van der Waals surface area contributed by atoms with E-state index in [1.54, 1.807) is 12.4 Å². The molecular weight excluding hydrogens is 424 g/mol. The molecule has 0 bridgehead atoms. The summed E-state index contributed by atoms with van der Waals surface area (Å²) in [6, 6.07) is 15.5. The number of rotatable bonds is 4. The van der Waals surface area contributed by atoms with Gasteiger partial charge in [-0.15, -0.1) is 0 Å². The van der Waals surface area contributed by atoms with Crippen molar-refractivity contribution >= 4 is 17.2 Å². The first kappa shape index (κ1) is 21.6. The van der Waals surface area contributed by atoms with Crippen molar-refractivity contribution in [2.45, 2.75) is 33.1 Å². The number of hydrogen-bond donors (Lipinski definition) is 1. The number of fused-ring (bicyclic) bond motifs is 1. The van der Waals surface area contributed by atoms with Crippen LogP contribution in [0.2, 0.25) is 0 Å². The number of amides is 1. The molecule has 7 heteroatoms. The van der Waals surface area contributed by atoms with Crippen molar-refractivity contribution in [2.24, 2.45) is 0 Å². The summed E-state index contributed by atoms with van der Waals surface area (Å²) >= 11 is 0. The lowest BCUT2D eigenvalue weighted by atomic mass is 9.87. The molecule has 5 aromatic rings. The van der Waals surface area contributed by atoms with Gasteiger partial charge in [0.15, 0.2) is 5.65 Å². The summed E-state index contributed by atoms with van der Waals surface area (Å²) in [6.45, 7) is 8.39. The molecule has 0 aliphatic heterocycles. The maximum atomic E-state index is 13.0. The average Bonchev–Trinajstić information content (AvgIpc) is 3.43. The minimum atomic E-state index is -0.239. The molecule has 7 nitrogen and oxygen atoms in total. The van der Waals surface area contributed by atoms with Gasteiger partial charge in [0.2, 0.25) is 0 Å². The van der Waals surface area contributed by atoms with Crippen molar-refractivity contribution in [3.63, 3.8) is 0 Å². The van der Waals surface area contributed by atoms with Crippen molar-refractivity contribution < 1.29 is 4.79 Å². The molecule has 0 spiro atoms. The molecule has 0 aliphatic carbocycles. The van der Waals surface area contributed by atoms with Crippen LogP contribution in [0.4, 0.5) is 5.69 Å². The molecule has 0 saturated heterocycles. The summed E-state index contributed by atoms with van der Waals surface area (Å²) in [5, 5.41) is 3.00. The van der Waals surface area contributed by atoms with Crippen LogP contribution in [-0.2, 0) is 5.41 Å². The Labute approximate surface area is 198 Å². The Morgan fingerprint density at radius 3 is 2.59 bits per heavy atom. The minimum absolute atomic E-state index is 0.0639. The van der Waals surface area contributed by atoms with E-state index < -0.39 is 0 Å². The van der Waals surface area contributed by atoms with Gasteiger partial charge in [-0.05, 0) is 59.9 Å². The molecule has 1 amide bonds. The first-order valence-electron chi connectivity index (χ1n) is 11.2. The summed E-state index contributed by atoms with van der Waals surface area (Å²) in [4.78, 5) is 26.1. The predicted octanol–water partition coefficient (Wildman–Crippen LogP) is 5.44. The molecule has 4 aromatic heterocycles. The third-order valence-electron chi connectivity index (χ3n) is 5.87. The zero-order valence-electron chi connectivity index (χ0n) is 19.6.